The van der Waals surface area contributed by atoms with E-state index in [1.807, 2.05) is 13.0 Å². The first-order chi connectivity index (χ1) is 13.8. The van der Waals surface area contributed by atoms with Gasteiger partial charge in [0.25, 0.3) is 0 Å². The number of nitrogens with one attached hydrogen (secondary N) is 2. The van der Waals surface area contributed by atoms with Gasteiger partial charge in [0.2, 0.25) is 5.91 Å². The maximum Gasteiger partial charge on any atom is 0.328 e. The molecule has 1 rings (SSSR count). The number of carboxylic acid groups (broad SMARTS) is 1. The fourth-order valence-corrected chi connectivity index (χ4v) is 2.59. The molecule has 162 valence electrons. The number of phenolic OH excluding ortho intramolecular Hbond substituents is 1. The van der Waals surface area contributed by atoms with E-state index in [0.717, 1.165) is 5.56 Å². The largest absolute Gasteiger partial charge is 0.504 e. The first-order valence-corrected chi connectivity index (χ1v) is 9.56. The number of esters is 1. The van der Waals surface area contributed by atoms with Crippen LogP contribution in [0.5, 0.6) is 11.5 Å². The van der Waals surface area contributed by atoms with Gasteiger partial charge in [0.1, 0.15) is 6.04 Å². The molecule has 0 heterocycles. The number of benzene rings is 1. The molecule has 4 N–H and O–H groups in total. The van der Waals surface area contributed by atoms with E-state index in [1.165, 1.54) is 14.0 Å². The Morgan fingerprint density at radius 2 is 1.97 bits per heavy atom. The van der Waals surface area contributed by atoms with Gasteiger partial charge in [-0.15, -0.1) is 0 Å². The van der Waals surface area contributed by atoms with Crippen molar-refractivity contribution >= 4 is 17.8 Å². The summed E-state index contributed by atoms with van der Waals surface area (Å²) < 4.78 is 9.96. The monoisotopic (exact) mass is 410 g/mol. The highest BCUT2D eigenvalue weighted by atomic mass is 16.5. The van der Waals surface area contributed by atoms with Crippen molar-refractivity contribution in [2.45, 2.75) is 51.6 Å². The Kier molecular flexibility index (Phi) is 10.5. The van der Waals surface area contributed by atoms with Gasteiger partial charge in [-0.05, 0) is 50.4 Å². The summed E-state index contributed by atoms with van der Waals surface area (Å²) in [5, 5.41) is 24.2. The maximum absolute atomic E-state index is 12.4. The zero-order valence-corrected chi connectivity index (χ0v) is 17.1. The molecule has 0 spiro atoms. The van der Waals surface area contributed by atoms with Gasteiger partial charge >= 0.3 is 11.9 Å². The number of phenols is 1. The van der Waals surface area contributed by atoms with Gasteiger partial charge in [-0.25, -0.2) is 4.79 Å². The molecule has 2 atom stereocenters. The second-order valence-electron chi connectivity index (χ2n) is 6.61. The molecule has 1 aromatic carbocycles. The van der Waals surface area contributed by atoms with Crippen LogP contribution in [0, 0.1) is 0 Å². The first kappa shape index (κ1) is 24.2. The van der Waals surface area contributed by atoms with E-state index in [1.54, 1.807) is 12.1 Å². The van der Waals surface area contributed by atoms with E-state index in [-0.39, 0.29) is 12.4 Å². The van der Waals surface area contributed by atoms with E-state index >= 15 is 0 Å². The number of aryl methyl sites for hydroxylation is 1. The number of hydrogen-bond donors (Lipinski definition) is 4. The molecular formula is C20H30N2O7. The maximum atomic E-state index is 12.4. The van der Waals surface area contributed by atoms with Crippen LogP contribution in [0.25, 0.3) is 0 Å². The summed E-state index contributed by atoms with van der Waals surface area (Å²) in [6.45, 7) is 3.99. The molecule has 0 aromatic heterocycles. The molecular weight excluding hydrogens is 380 g/mol. The fraction of sp³-hybridized carbons (Fsp3) is 0.550. The van der Waals surface area contributed by atoms with Crippen molar-refractivity contribution in [3.05, 3.63) is 23.8 Å². The topological polar surface area (TPSA) is 134 Å². The average Bonchev–Trinajstić information content (AvgIpc) is 2.68. The first-order valence-electron chi connectivity index (χ1n) is 9.56. The molecule has 1 amide bonds. The minimum atomic E-state index is -1.13. The van der Waals surface area contributed by atoms with Crippen molar-refractivity contribution < 1.29 is 34.1 Å². The van der Waals surface area contributed by atoms with Crippen molar-refractivity contribution in [3.8, 4) is 11.5 Å². The smallest absolute Gasteiger partial charge is 0.328 e. The molecule has 0 aliphatic rings. The molecule has 9 heteroatoms. The van der Waals surface area contributed by atoms with Gasteiger partial charge in [0.15, 0.2) is 11.5 Å². The normalized spacial score (nSPS) is 12.7. The Morgan fingerprint density at radius 3 is 2.55 bits per heavy atom. The Labute approximate surface area is 170 Å². The molecule has 0 unspecified atom stereocenters. The predicted octanol–water partition coefficient (Wildman–Crippen LogP) is 1.22. The lowest BCUT2D eigenvalue weighted by Crippen LogP contribution is -2.50. The van der Waals surface area contributed by atoms with Crippen LogP contribution < -0.4 is 15.4 Å². The van der Waals surface area contributed by atoms with Crippen LogP contribution in [-0.2, 0) is 25.5 Å². The second-order valence-corrected chi connectivity index (χ2v) is 6.61. The Hall–Kier alpha value is -2.81. The summed E-state index contributed by atoms with van der Waals surface area (Å²) >= 11 is 0. The third-order valence-electron chi connectivity index (χ3n) is 4.13. The molecule has 0 saturated heterocycles. The van der Waals surface area contributed by atoms with Crippen molar-refractivity contribution in [1.82, 2.24) is 10.6 Å². The molecule has 9 nitrogen and oxygen atoms in total. The number of methoxy groups -OCH3 is 1. The summed E-state index contributed by atoms with van der Waals surface area (Å²) in [7, 11) is 1.47. The summed E-state index contributed by atoms with van der Waals surface area (Å²) in [5.74, 6) is -1.83. The highest BCUT2D eigenvalue weighted by Gasteiger charge is 2.25. The third kappa shape index (κ3) is 8.82. The number of hydrogen-bond acceptors (Lipinski definition) is 7. The standard InChI is InChI=1S/C20H30N2O7/c1-4-10-29-20(27)13(2)22-19(26)15(12-18(24)25)21-9-5-6-14-7-8-17(28-3)16(23)11-14/h7-8,11,13,15,21,23H,4-6,9-10,12H2,1-3H3,(H,22,26)(H,24,25)/t13-,15+/m1/s1. The van der Waals surface area contributed by atoms with Crippen molar-refractivity contribution in [1.29, 1.82) is 0 Å². The van der Waals surface area contributed by atoms with Crippen LogP contribution in [0.4, 0.5) is 0 Å². The van der Waals surface area contributed by atoms with Gasteiger partial charge in [0, 0.05) is 0 Å². The Morgan fingerprint density at radius 1 is 1.24 bits per heavy atom. The SMILES string of the molecule is CCCOC(=O)[C@@H](C)NC(=O)[C@H](CC(=O)O)NCCCc1ccc(OC)c(O)c1. The van der Waals surface area contributed by atoms with Crippen molar-refractivity contribution in [3.63, 3.8) is 0 Å². The lowest BCUT2D eigenvalue weighted by atomic mass is 10.1. The second kappa shape index (κ2) is 12.6. The van der Waals surface area contributed by atoms with E-state index < -0.39 is 36.4 Å². The molecule has 0 radical (unpaired) electrons. The number of ether oxygens (including phenoxy) is 2. The highest BCUT2D eigenvalue weighted by Crippen LogP contribution is 2.26. The van der Waals surface area contributed by atoms with E-state index in [2.05, 4.69) is 10.6 Å². The molecule has 0 bridgehead atoms. The van der Waals surface area contributed by atoms with Crippen LogP contribution in [0.3, 0.4) is 0 Å². The van der Waals surface area contributed by atoms with Gasteiger partial charge in [0.05, 0.1) is 26.2 Å². The number of rotatable bonds is 13. The van der Waals surface area contributed by atoms with Gasteiger partial charge in [-0.3, -0.25) is 9.59 Å². The average molecular weight is 410 g/mol. The molecule has 0 aliphatic carbocycles. The minimum Gasteiger partial charge on any atom is -0.504 e. The number of amides is 1. The molecule has 0 aliphatic heterocycles. The Bertz CT molecular complexity index is 693. The fourth-order valence-electron chi connectivity index (χ4n) is 2.59. The van der Waals surface area contributed by atoms with Crippen molar-refractivity contribution in [2.75, 3.05) is 20.3 Å². The molecule has 0 fully saturated rings. The zero-order valence-electron chi connectivity index (χ0n) is 17.1. The number of aromatic hydroxyl groups is 1. The highest BCUT2D eigenvalue weighted by molar-refractivity contribution is 5.89. The Balaban J connectivity index is 2.53. The van der Waals surface area contributed by atoms with Crippen LogP contribution in [0.2, 0.25) is 0 Å². The predicted molar refractivity (Wildman–Crippen MR) is 106 cm³/mol. The quantitative estimate of drug-likeness (QED) is 0.282. The number of carbonyl (C=O) groups is 3. The lowest BCUT2D eigenvalue weighted by molar-refractivity contribution is -0.147. The summed E-state index contributed by atoms with van der Waals surface area (Å²) in [6.07, 6.45) is 1.49. The van der Waals surface area contributed by atoms with Crippen LogP contribution in [-0.4, -0.2) is 60.4 Å². The van der Waals surface area contributed by atoms with E-state index in [0.29, 0.717) is 31.6 Å². The molecule has 0 saturated carbocycles. The van der Waals surface area contributed by atoms with Gasteiger partial charge in [-0.2, -0.15) is 0 Å². The lowest BCUT2D eigenvalue weighted by Gasteiger charge is -2.19. The summed E-state index contributed by atoms with van der Waals surface area (Å²) in [4.78, 5) is 35.2. The molecule has 1 aromatic rings. The van der Waals surface area contributed by atoms with Crippen LogP contribution in [0.1, 0.15) is 38.7 Å². The summed E-state index contributed by atoms with van der Waals surface area (Å²) in [6, 6.07) is 3.25. The number of aliphatic carboxylic acids is 1. The van der Waals surface area contributed by atoms with Crippen LogP contribution in [0.15, 0.2) is 18.2 Å². The van der Waals surface area contributed by atoms with E-state index in [9.17, 15) is 19.5 Å². The zero-order chi connectivity index (χ0) is 21.8. The number of carbonyl (C=O) groups excluding carboxylic acids is 2. The van der Waals surface area contributed by atoms with Gasteiger partial charge in [-0.1, -0.05) is 13.0 Å². The van der Waals surface area contributed by atoms with E-state index in [4.69, 9.17) is 14.6 Å². The van der Waals surface area contributed by atoms with Crippen LogP contribution >= 0.6 is 0 Å². The molecule has 29 heavy (non-hydrogen) atoms. The van der Waals surface area contributed by atoms with Gasteiger partial charge < -0.3 is 30.3 Å². The third-order valence-corrected chi connectivity index (χ3v) is 4.13. The minimum absolute atomic E-state index is 0.0463. The van der Waals surface area contributed by atoms with Crippen molar-refractivity contribution in [2.24, 2.45) is 0 Å². The number of carboxylic acids is 1. The summed E-state index contributed by atoms with van der Waals surface area (Å²) in [5.41, 5.74) is 0.886.